The topological polar surface area (TPSA) is 70.7 Å². The summed E-state index contributed by atoms with van der Waals surface area (Å²) in [6.45, 7) is 2.01. The van der Waals surface area contributed by atoms with Crippen molar-refractivity contribution in [3.05, 3.63) is 35.7 Å². The van der Waals surface area contributed by atoms with E-state index in [1.807, 2.05) is 13.2 Å². The highest BCUT2D eigenvalue weighted by Gasteiger charge is 2.13. The fourth-order valence-corrected chi connectivity index (χ4v) is 2.14. The molecule has 5 nitrogen and oxygen atoms in total. The highest BCUT2D eigenvalue weighted by atomic mass is 32.2. The van der Waals surface area contributed by atoms with E-state index in [2.05, 4.69) is 20.5 Å². The third kappa shape index (κ3) is 2.53. The summed E-state index contributed by atoms with van der Waals surface area (Å²) in [7, 11) is 0. The second-order valence-electron chi connectivity index (χ2n) is 3.64. The number of pyridine rings is 1. The first-order valence-corrected chi connectivity index (χ1v) is 6.81. The Hall–Kier alpha value is -1.82. The van der Waals surface area contributed by atoms with Crippen molar-refractivity contribution in [1.82, 2.24) is 15.2 Å². The third-order valence-electron chi connectivity index (χ3n) is 2.55. The van der Waals surface area contributed by atoms with Crippen LogP contribution in [0.3, 0.4) is 0 Å². The second-order valence-corrected chi connectivity index (χ2v) is 4.43. The zero-order valence-electron chi connectivity index (χ0n) is 10.2. The lowest BCUT2D eigenvalue weighted by atomic mass is 10.2. The van der Waals surface area contributed by atoms with E-state index in [0.29, 0.717) is 16.4 Å². The summed E-state index contributed by atoms with van der Waals surface area (Å²) in [5, 5.41) is 10.2. The zero-order chi connectivity index (χ0) is 13.0. The lowest BCUT2D eigenvalue weighted by Crippen LogP contribution is -2.14. The first-order chi connectivity index (χ1) is 8.76. The Labute approximate surface area is 109 Å². The predicted octanol–water partition coefficient (Wildman–Crippen LogP) is 2.34. The minimum atomic E-state index is -0.175. The lowest BCUT2D eigenvalue weighted by Gasteiger charge is -2.07. The molecular formula is C12H14N4OS. The van der Waals surface area contributed by atoms with Crippen molar-refractivity contribution in [1.29, 1.82) is 0 Å². The number of hydrogen-bond donors (Lipinski definition) is 2. The van der Waals surface area contributed by atoms with Gasteiger partial charge in [-0.25, -0.2) is 4.98 Å². The summed E-state index contributed by atoms with van der Waals surface area (Å²) < 4.78 is 0. The van der Waals surface area contributed by atoms with Crippen molar-refractivity contribution in [3.8, 4) is 0 Å². The fraction of sp³-hybridized carbons (Fsp3) is 0.250. The number of amides is 1. The molecule has 0 radical (unpaired) electrons. The molecule has 0 aliphatic heterocycles. The number of nitrogens with one attached hydrogen (secondary N) is 2. The van der Waals surface area contributed by atoms with Crippen LogP contribution in [0.15, 0.2) is 29.6 Å². The van der Waals surface area contributed by atoms with Gasteiger partial charge in [0.25, 0.3) is 5.91 Å². The molecule has 2 heterocycles. The quantitative estimate of drug-likeness (QED) is 0.830. The SMILES string of the molecule is CCc1cn[nH]c1NC(=O)c1cccnc1SC. The van der Waals surface area contributed by atoms with E-state index in [4.69, 9.17) is 0 Å². The van der Waals surface area contributed by atoms with Gasteiger partial charge in [-0.2, -0.15) is 5.10 Å². The first-order valence-electron chi connectivity index (χ1n) is 5.58. The van der Waals surface area contributed by atoms with Gasteiger partial charge >= 0.3 is 0 Å². The number of carbonyl (C=O) groups is 1. The van der Waals surface area contributed by atoms with E-state index < -0.39 is 0 Å². The van der Waals surface area contributed by atoms with Crippen molar-refractivity contribution in [2.75, 3.05) is 11.6 Å². The number of aryl methyl sites for hydroxylation is 1. The highest BCUT2D eigenvalue weighted by molar-refractivity contribution is 7.98. The smallest absolute Gasteiger partial charge is 0.259 e. The maximum atomic E-state index is 12.1. The van der Waals surface area contributed by atoms with Crippen LogP contribution in [-0.4, -0.2) is 27.3 Å². The molecule has 0 aliphatic carbocycles. The van der Waals surface area contributed by atoms with Gasteiger partial charge in [0.2, 0.25) is 0 Å². The Morgan fingerprint density at radius 2 is 2.39 bits per heavy atom. The van der Waals surface area contributed by atoms with Crippen molar-refractivity contribution in [2.24, 2.45) is 0 Å². The molecule has 6 heteroatoms. The average Bonchev–Trinajstić information content (AvgIpc) is 2.85. The molecule has 18 heavy (non-hydrogen) atoms. The third-order valence-corrected chi connectivity index (χ3v) is 3.26. The zero-order valence-corrected chi connectivity index (χ0v) is 11.0. The second kappa shape index (κ2) is 5.68. The van der Waals surface area contributed by atoms with Crippen LogP contribution in [0.25, 0.3) is 0 Å². The molecule has 2 rings (SSSR count). The molecule has 0 bridgehead atoms. The van der Waals surface area contributed by atoms with Crippen LogP contribution < -0.4 is 5.32 Å². The number of thioether (sulfide) groups is 1. The van der Waals surface area contributed by atoms with Crippen LogP contribution in [0.4, 0.5) is 5.82 Å². The Morgan fingerprint density at radius 1 is 1.56 bits per heavy atom. The summed E-state index contributed by atoms with van der Waals surface area (Å²) in [5.41, 5.74) is 1.56. The van der Waals surface area contributed by atoms with Gasteiger partial charge in [0.15, 0.2) is 0 Å². The maximum absolute atomic E-state index is 12.1. The molecule has 0 aliphatic rings. The van der Waals surface area contributed by atoms with Crippen LogP contribution in [0.2, 0.25) is 0 Å². The minimum absolute atomic E-state index is 0.175. The van der Waals surface area contributed by atoms with Crippen molar-refractivity contribution in [2.45, 2.75) is 18.4 Å². The number of hydrogen-bond acceptors (Lipinski definition) is 4. The molecule has 1 amide bonds. The minimum Gasteiger partial charge on any atom is -0.307 e. The molecular weight excluding hydrogens is 248 g/mol. The molecule has 0 aromatic carbocycles. The fourth-order valence-electron chi connectivity index (χ4n) is 1.59. The lowest BCUT2D eigenvalue weighted by molar-refractivity contribution is 0.102. The Kier molecular flexibility index (Phi) is 3.99. The van der Waals surface area contributed by atoms with E-state index in [-0.39, 0.29) is 5.91 Å². The Morgan fingerprint density at radius 3 is 3.11 bits per heavy atom. The molecule has 2 aromatic rings. The molecule has 0 saturated carbocycles. The van der Waals surface area contributed by atoms with Crippen LogP contribution in [-0.2, 0) is 6.42 Å². The van der Waals surface area contributed by atoms with Gasteiger partial charge in [0.05, 0.1) is 11.8 Å². The molecule has 2 N–H and O–H groups in total. The normalized spacial score (nSPS) is 10.3. The van der Waals surface area contributed by atoms with Gasteiger partial charge in [-0.1, -0.05) is 6.92 Å². The Bertz CT molecular complexity index is 553. The highest BCUT2D eigenvalue weighted by Crippen LogP contribution is 2.19. The molecule has 0 spiro atoms. The van der Waals surface area contributed by atoms with E-state index >= 15 is 0 Å². The summed E-state index contributed by atoms with van der Waals surface area (Å²) in [6, 6.07) is 3.51. The number of anilines is 1. The van der Waals surface area contributed by atoms with Crippen LogP contribution in [0.5, 0.6) is 0 Å². The predicted molar refractivity (Wildman–Crippen MR) is 71.9 cm³/mol. The van der Waals surface area contributed by atoms with Crippen LogP contribution >= 0.6 is 11.8 Å². The van der Waals surface area contributed by atoms with Gasteiger partial charge < -0.3 is 5.32 Å². The maximum Gasteiger partial charge on any atom is 0.259 e. The summed E-state index contributed by atoms with van der Waals surface area (Å²) in [5.74, 6) is 0.477. The van der Waals surface area contributed by atoms with E-state index in [1.165, 1.54) is 11.8 Å². The van der Waals surface area contributed by atoms with Crippen molar-refractivity contribution in [3.63, 3.8) is 0 Å². The largest absolute Gasteiger partial charge is 0.307 e. The molecule has 0 atom stereocenters. The van der Waals surface area contributed by atoms with Crippen molar-refractivity contribution >= 4 is 23.5 Å². The number of nitrogens with zero attached hydrogens (tertiary/aromatic N) is 2. The van der Waals surface area contributed by atoms with Gasteiger partial charge in [0, 0.05) is 11.8 Å². The van der Waals surface area contributed by atoms with E-state index in [1.54, 1.807) is 24.5 Å². The standard InChI is InChI=1S/C12H14N4OS/c1-3-8-7-14-16-10(8)15-11(17)9-5-4-6-13-12(9)18-2/h4-7H,3H2,1-2H3,(H2,14,15,16,17). The molecule has 94 valence electrons. The number of carbonyl (C=O) groups excluding carboxylic acids is 1. The van der Waals surface area contributed by atoms with Gasteiger partial charge in [-0.3, -0.25) is 9.89 Å². The van der Waals surface area contributed by atoms with Gasteiger partial charge in [0.1, 0.15) is 10.8 Å². The van der Waals surface area contributed by atoms with E-state index in [0.717, 1.165) is 12.0 Å². The molecule has 0 unspecified atom stereocenters. The number of aromatic amines is 1. The molecule has 0 saturated heterocycles. The Balaban J connectivity index is 2.22. The van der Waals surface area contributed by atoms with Gasteiger partial charge in [-0.05, 0) is 24.8 Å². The monoisotopic (exact) mass is 262 g/mol. The number of rotatable bonds is 4. The number of aromatic nitrogens is 3. The van der Waals surface area contributed by atoms with Gasteiger partial charge in [-0.15, -0.1) is 11.8 Å². The average molecular weight is 262 g/mol. The summed E-state index contributed by atoms with van der Waals surface area (Å²) in [4.78, 5) is 16.3. The van der Waals surface area contributed by atoms with E-state index in [9.17, 15) is 4.79 Å². The number of H-pyrrole nitrogens is 1. The van der Waals surface area contributed by atoms with Crippen molar-refractivity contribution < 1.29 is 4.79 Å². The van der Waals surface area contributed by atoms with Crippen LogP contribution in [0.1, 0.15) is 22.8 Å². The van der Waals surface area contributed by atoms with Crippen LogP contribution in [0, 0.1) is 0 Å². The molecule has 2 aromatic heterocycles. The summed E-state index contributed by atoms with van der Waals surface area (Å²) in [6.07, 6.45) is 6.10. The molecule has 0 fully saturated rings. The first kappa shape index (κ1) is 12.6. The summed E-state index contributed by atoms with van der Waals surface area (Å²) >= 11 is 1.45.